The third-order valence-electron chi connectivity index (χ3n) is 3.32. The smallest absolute Gasteiger partial charge is 0.338 e. The van der Waals surface area contributed by atoms with Crippen molar-refractivity contribution in [1.29, 1.82) is 0 Å². The Morgan fingerprint density at radius 1 is 1.47 bits per heavy atom. The molecule has 5 nitrogen and oxygen atoms in total. The molecule has 1 amide bonds. The topological polar surface area (TPSA) is 79.3 Å². The van der Waals surface area contributed by atoms with E-state index in [1.54, 1.807) is 11.8 Å². The van der Waals surface area contributed by atoms with E-state index in [-0.39, 0.29) is 17.3 Å². The van der Waals surface area contributed by atoms with E-state index in [2.05, 4.69) is 10.3 Å². The van der Waals surface area contributed by atoms with Gasteiger partial charge in [-0.1, -0.05) is 6.42 Å². The second-order valence-electron chi connectivity index (χ2n) is 4.49. The van der Waals surface area contributed by atoms with Gasteiger partial charge >= 0.3 is 5.97 Å². The summed E-state index contributed by atoms with van der Waals surface area (Å²) in [6.07, 6.45) is 6.57. The van der Waals surface area contributed by atoms with Crippen LogP contribution in [0.5, 0.6) is 0 Å². The number of amides is 1. The van der Waals surface area contributed by atoms with Crippen molar-refractivity contribution in [2.24, 2.45) is 0 Å². The molecule has 2 atom stereocenters. The van der Waals surface area contributed by atoms with E-state index < -0.39 is 11.9 Å². The van der Waals surface area contributed by atoms with Crippen LogP contribution in [0.2, 0.25) is 0 Å². The van der Waals surface area contributed by atoms with Crippen molar-refractivity contribution in [3.05, 3.63) is 29.6 Å². The maximum absolute atomic E-state index is 12.1. The number of nitrogens with zero attached hydrogens (tertiary/aromatic N) is 1. The predicted molar refractivity (Wildman–Crippen MR) is 73.6 cm³/mol. The van der Waals surface area contributed by atoms with Gasteiger partial charge in [0.25, 0.3) is 5.91 Å². The highest BCUT2D eigenvalue weighted by molar-refractivity contribution is 7.99. The summed E-state index contributed by atoms with van der Waals surface area (Å²) in [5, 5.41) is 12.4. The average molecular weight is 280 g/mol. The highest BCUT2D eigenvalue weighted by atomic mass is 32.2. The lowest BCUT2D eigenvalue weighted by Crippen LogP contribution is -2.39. The van der Waals surface area contributed by atoms with Crippen molar-refractivity contribution in [2.45, 2.75) is 30.6 Å². The van der Waals surface area contributed by atoms with E-state index in [0.717, 1.165) is 19.3 Å². The molecule has 2 unspecified atom stereocenters. The quantitative estimate of drug-likeness (QED) is 0.879. The number of pyridine rings is 1. The Balaban J connectivity index is 2.14. The first-order valence-corrected chi connectivity index (χ1v) is 7.44. The number of aromatic nitrogens is 1. The van der Waals surface area contributed by atoms with Crippen LogP contribution >= 0.6 is 11.8 Å². The van der Waals surface area contributed by atoms with Crippen LogP contribution in [0.4, 0.5) is 0 Å². The lowest BCUT2D eigenvalue weighted by atomic mass is 10.1. The molecule has 2 rings (SSSR count). The van der Waals surface area contributed by atoms with Gasteiger partial charge in [0.1, 0.15) is 5.69 Å². The Morgan fingerprint density at radius 2 is 2.26 bits per heavy atom. The van der Waals surface area contributed by atoms with Crippen LogP contribution in [-0.4, -0.2) is 39.5 Å². The zero-order valence-corrected chi connectivity index (χ0v) is 11.4. The third-order valence-corrected chi connectivity index (χ3v) is 4.49. The number of carbonyl (C=O) groups is 2. The maximum atomic E-state index is 12.1. The zero-order chi connectivity index (χ0) is 13.8. The van der Waals surface area contributed by atoms with Crippen molar-refractivity contribution in [3.8, 4) is 0 Å². The number of carboxylic acid groups (broad SMARTS) is 1. The standard InChI is InChI=1S/C13H16N2O3S/c1-19-10-6-2-5-9(10)15-12(16)11-8(13(17)18)4-3-7-14-11/h3-4,7,9-10H,2,5-6H2,1H3,(H,15,16)(H,17,18). The Morgan fingerprint density at radius 3 is 2.95 bits per heavy atom. The minimum Gasteiger partial charge on any atom is -0.478 e. The van der Waals surface area contributed by atoms with Crippen molar-refractivity contribution < 1.29 is 14.7 Å². The molecule has 6 heteroatoms. The molecule has 1 aromatic heterocycles. The van der Waals surface area contributed by atoms with Gasteiger partial charge in [0.2, 0.25) is 0 Å². The van der Waals surface area contributed by atoms with E-state index in [4.69, 9.17) is 5.11 Å². The molecule has 2 N–H and O–H groups in total. The van der Waals surface area contributed by atoms with E-state index in [9.17, 15) is 9.59 Å². The minimum absolute atomic E-state index is 0.0123. The summed E-state index contributed by atoms with van der Waals surface area (Å²) >= 11 is 1.74. The monoisotopic (exact) mass is 280 g/mol. The highest BCUT2D eigenvalue weighted by Crippen LogP contribution is 2.28. The molecular formula is C13H16N2O3S. The van der Waals surface area contributed by atoms with Crippen LogP contribution in [0.15, 0.2) is 18.3 Å². The molecule has 0 saturated heterocycles. The van der Waals surface area contributed by atoms with Gasteiger partial charge in [-0.2, -0.15) is 11.8 Å². The molecule has 0 aliphatic heterocycles. The average Bonchev–Trinajstić information content (AvgIpc) is 2.85. The first kappa shape index (κ1) is 13.9. The summed E-state index contributed by atoms with van der Waals surface area (Å²) < 4.78 is 0. The molecule has 1 aromatic rings. The molecule has 0 bridgehead atoms. The summed E-state index contributed by atoms with van der Waals surface area (Å²) in [4.78, 5) is 27.1. The summed E-state index contributed by atoms with van der Waals surface area (Å²) in [7, 11) is 0. The Labute approximate surface area is 115 Å². The molecule has 1 saturated carbocycles. The second-order valence-corrected chi connectivity index (χ2v) is 5.57. The number of rotatable bonds is 4. The third kappa shape index (κ3) is 3.07. The fraction of sp³-hybridized carbons (Fsp3) is 0.462. The number of hydrogen-bond donors (Lipinski definition) is 2. The summed E-state index contributed by atoms with van der Waals surface area (Å²) in [5.41, 5.74) is -0.0690. The van der Waals surface area contributed by atoms with Crippen LogP contribution in [0.25, 0.3) is 0 Å². The molecule has 19 heavy (non-hydrogen) atoms. The number of carbonyl (C=O) groups excluding carboxylic acids is 1. The molecule has 1 fully saturated rings. The minimum atomic E-state index is -1.13. The Hall–Kier alpha value is -1.56. The number of carboxylic acids is 1. The summed E-state index contributed by atoms with van der Waals surface area (Å²) in [6.45, 7) is 0. The predicted octanol–water partition coefficient (Wildman–Crippen LogP) is 1.79. The summed E-state index contributed by atoms with van der Waals surface area (Å²) in [6, 6.07) is 3.01. The fourth-order valence-corrected chi connectivity index (χ4v) is 3.30. The normalized spacial score (nSPS) is 22.2. The molecule has 0 radical (unpaired) electrons. The van der Waals surface area contributed by atoms with Crippen LogP contribution < -0.4 is 5.32 Å². The first-order chi connectivity index (χ1) is 9.13. The van der Waals surface area contributed by atoms with Gasteiger partial charge in [-0.05, 0) is 31.2 Å². The maximum Gasteiger partial charge on any atom is 0.338 e. The van der Waals surface area contributed by atoms with Crippen LogP contribution in [-0.2, 0) is 0 Å². The molecule has 102 valence electrons. The van der Waals surface area contributed by atoms with Crippen LogP contribution in [0, 0.1) is 0 Å². The van der Waals surface area contributed by atoms with Gasteiger partial charge in [-0.25, -0.2) is 4.79 Å². The number of aromatic carboxylic acids is 1. The Bertz CT molecular complexity index is 493. The number of thioether (sulfide) groups is 1. The van der Waals surface area contributed by atoms with Gasteiger partial charge in [0.15, 0.2) is 0 Å². The van der Waals surface area contributed by atoms with E-state index in [1.165, 1.54) is 18.3 Å². The molecule has 0 spiro atoms. The lowest BCUT2D eigenvalue weighted by Gasteiger charge is -2.19. The SMILES string of the molecule is CSC1CCCC1NC(=O)c1ncccc1C(=O)O. The molecule has 1 aliphatic carbocycles. The van der Waals surface area contributed by atoms with Crippen molar-refractivity contribution in [2.75, 3.05) is 6.26 Å². The molecule has 1 heterocycles. The van der Waals surface area contributed by atoms with E-state index in [1.807, 2.05) is 6.26 Å². The largest absolute Gasteiger partial charge is 0.478 e. The van der Waals surface area contributed by atoms with E-state index >= 15 is 0 Å². The van der Waals surface area contributed by atoms with Gasteiger partial charge < -0.3 is 10.4 Å². The highest BCUT2D eigenvalue weighted by Gasteiger charge is 2.29. The molecular weight excluding hydrogens is 264 g/mol. The lowest BCUT2D eigenvalue weighted by molar-refractivity contribution is 0.0689. The van der Waals surface area contributed by atoms with Crippen LogP contribution in [0.3, 0.4) is 0 Å². The van der Waals surface area contributed by atoms with Gasteiger partial charge in [-0.15, -0.1) is 0 Å². The number of nitrogens with one attached hydrogen (secondary N) is 1. The Kier molecular flexibility index (Phi) is 4.42. The van der Waals surface area contributed by atoms with Crippen molar-refractivity contribution in [3.63, 3.8) is 0 Å². The zero-order valence-electron chi connectivity index (χ0n) is 10.6. The van der Waals surface area contributed by atoms with Crippen molar-refractivity contribution in [1.82, 2.24) is 10.3 Å². The fourth-order valence-electron chi connectivity index (χ4n) is 2.37. The van der Waals surface area contributed by atoms with Gasteiger partial charge in [-0.3, -0.25) is 9.78 Å². The number of hydrogen-bond acceptors (Lipinski definition) is 4. The van der Waals surface area contributed by atoms with E-state index in [0.29, 0.717) is 5.25 Å². The first-order valence-electron chi connectivity index (χ1n) is 6.15. The van der Waals surface area contributed by atoms with Crippen LogP contribution in [0.1, 0.15) is 40.1 Å². The van der Waals surface area contributed by atoms with Gasteiger partial charge in [0, 0.05) is 17.5 Å². The molecule has 1 aliphatic rings. The van der Waals surface area contributed by atoms with Gasteiger partial charge in [0.05, 0.1) is 5.56 Å². The second kappa shape index (κ2) is 6.06. The van der Waals surface area contributed by atoms with Crippen molar-refractivity contribution >= 4 is 23.6 Å². The molecule has 0 aromatic carbocycles. The summed E-state index contributed by atoms with van der Waals surface area (Å²) in [5.74, 6) is -1.53.